The number of carbonyl (C=O) groups excluding carboxylic acids is 2. The third kappa shape index (κ3) is 4.73. The number of thioether (sulfide) groups is 1. The maximum atomic E-state index is 12.8. The van der Waals surface area contributed by atoms with Crippen LogP contribution in [0, 0.1) is 13.8 Å². The van der Waals surface area contributed by atoms with Crippen LogP contribution >= 0.6 is 11.8 Å². The summed E-state index contributed by atoms with van der Waals surface area (Å²) in [5.74, 6) is -0.0801. The van der Waals surface area contributed by atoms with Gasteiger partial charge >= 0.3 is 5.97 Å². The van der Waals surface area contributed by atoms with Crippen molar-refractivity contribution in [3.8, 4) is 0 Å². The summed E-state index contributed by atoms with van der Waals surface area (Å²) < 4.78 is 6.44. The summed E-state index contributed by atoms with van der Waals surface area (Å²) in [6, 6.07) is 8.89. The summed E-state index contributed by atoms with van der Waals surface area (Å²) in [4.78, 5) is 33.5. The van der Waals surface area contributed by atoms with Crippen LogP contribution in [-0.4, -0.2) is 44.8 Å². The van der Waals surface area contributed by atoms with Gasteiger partial charge in [0.05, 0.1) is 26.0 Å². The van der Waals surface area contributed by atoms with Gasteiger partial charge in [-0.25, -0.2) is 9.50 Å². The Hall–Kier alpha value is -2.94. The number of nitrogens with zero attached hydrogens (tertiary/aromatic N) is 4. The summed E-state index contributed by atoms with van der Waals surface area (Å²) in [6.45, 7) is 3.75. The van der Waals surface area contributed by atoms with E-state index >= 15 is 0 Å². The van der Waals surface area contributed by atoms with Gasteiger partial charge in [-0.2, -0.15) is 4.98 Å². The van der Waals surface area contributed by atoms with Crippen molar-refractivity contribution in [1.29, 1.82) is 0 Å². The van der Waals surface area contributed by atoms with Crippen LogP contribution in [-0.2, 0) is 20.7 Å². The summed E-state index contributed by atoms with van der Waals surface area (Å²) in [5.41, 5.74) is 3.18. The second kappa shape index (κ2) is 9.04. The first-order valence-electron chi connectivity index (χ1n) is 9.11. The summed E-state index contributed by atoms with van der Waals surface area (Å²) in [5, 5.41) is 7.99. The minimum Gasteiger partial charge on any atom is -0.469 e. The SMILES string of the molecule is COC(=O)CC(NC(=O)Cc1c(C)nc2nc(SC)nn2c1C)c1ccccc1. The van der Waals surface area contributed by atoms with E-state index in [1.807, 2.05) is 50.4 Å². The summed E-state index contributed by atoms with van der Waals surface area (Å²) in [7, 11) is 1.33. The topological polar surface area (TPSA) is 98.5 Å². The largest absolute Gasteiger partial charge is 0.469 e. The van der Waals surface area contributed by atoms with Crippen LogP contribution in [0.2, 0.25) is 0 Å². The molecule has 1 amide bonds. The van der Waals surface area contributed by atoms with Gasteiger partial charge in [0, 0.05) is 17.0 Å². The average molecular weight is 414 g/mol. The quantitative estimate of drug-likeness (QED) is 0.469. The molecule has 2 heterocycles. The van der Waals surface area contributed by atoms with Crippen molar-refractivity contribution in [3.63, 3.8) is 0 Å². The zero-order valence-electron chi connectivity index (χ0n) is 16.8. The Bertz CT molecular complexity index is 1040. The Morgan fingerprint density at radius 2 is 1.93 bits per heavy atom. The number of methoxy groups -OCH3 is 1. The Morgan fingerprint density at radius 1 is 1.21 bits per heavy atom. The maximum Gasteiger partial charge on any atom is 0.307 e. The number of nitrogens with one attached hydrogen (secondary N) is 1. The summed E-state index contributed by atoms with van der Waals surface area (Å²) in [6.07, 6.45) is 2.08. The molecule has 0 saturated heterocycles. The number of amides is 1. The first-order valence-corrected chi connectivity index (χ1v) is 10.3. The molecule has 8 nitrogen and oxygen atoms in total. The van der Waals surface area contributed by atoms with Gasteiger partial charge in [0.15, 0.2) is 0 Å². The van der Waals surface area contributed by atoms with Crippen molar-refractivity contribution in [3.05, 3.63) is 52.8 Å². The monoisotopic (exact) mass is 413 g/mol. The van der Waals surface area contributed by atoms with Crippen molar-refractivity contribution in [2.24, 2.45) is 0 Å². The van der Waals surface area contributed by atoms with E-state index < -0.39 is 6.04 Å². The van der Waals surface area contributed by atoms with Gasteiger partial charge in [-0.3, -0.25) is 9.59 Å². The molecule has 0 radical (unpaired) electrons. The molecule has 9 heteroatoms. The Morgan fingerprint density at radius 3 is 2.59 bits per heavy atom. The second-order valence-corrected chi connectivity index (χ2v) is 7.33. The normalized spacial score (nSPS) is 12.0. The van der Waals surface area contributed by atoms with Gasteiger partial charge in [0.25, 0.3) is 5.78 Å². The highest BCUT2D eigenvalue weighted by Crippen LogP contribution is 2.20. The Kier molecular flexibility index (Phi) is 6.48. The molecule has 3 rings (SSSR count). The van der Waals surface area contributed by atoms with Crippen LogP contribution in [0.15, 0.2) is 35.5 Å². The van der Waals surface area contributed by atoms with Crippen LogP contribution in [0.25, 0.3) is 5.78 Å². The zero-order chi connectivity index (χ0) is 21.0. The Balaban J connectivity index is 1.83. The van der Waals surface area contributed by atoms with E-state index in [9.17, 15) is 9.59 Å². The fourth-order valence-electron chi connectivity index (χ4n) is 3.13. The molecule has 29 heavy (non-hydrogen) atoms. The van der Waals surface area contributed by atoms with E-state index in [4.69, 9.17) is 4.74 Å². The molecule has 1 N–H and O–H groups in total. The standard InChI is InChI=1S/C20H23N5O3S/c1-12-15(13(2)25-19(21-12)23-20(24-25)29-4)10-17(26)22-16(11-18(27)28-3)14-8-6-5-7-9-14/h5-9,16H,10-11H2,1-4H3,(H,22,26). The number of rotatable bonds is 7. The van der Waals surface area contributed by atoms with Crippen molar-refractivity contribution in [2.75, 3.05) is 13.4 Å². The number of aromatic nitrogens is 4. The number of ether oxygens (including phenoxy) is 1. The molecule has 0 aliphatic rings. The van der Waals surface area contributed by atoms with Crippen LogP contribution in [0.5, 0.6) is 0 Å². The second-order valence-electron chi connectivity index (χ2n) is 6.56. The lowest BCUT2D eigenvalue weighted by Crippen LogP contribution is -2.32. The lowest BCUT2D eigenvalue weighted by Gasteiger charge is -2.19. The van der Waals surface area contributed by atoms with Gasteiger partial charge < -0.3 is 10.1 Å². The first kappa shape index (κ1) is 20.8. The molecule has 0 saturated carbocycles. The smallest absolute Gasteiger partial charge is 0.307 e. The van der Waals surface area contributed by atoms with E-state index in [0.29, 0.717) is 10.9 Å². The number of hydrogen-bond acceptors (Lipinski definition) is 7. The van der Waals surface area contributed by atoms with Gasteiger partial charge in [0.2, 0.25) is 11.1 Å². The average Bonchev–Trinajstić information content (AvgIpc) is 3.14. The highest BCUT2D eigenvalue weighted by molar-refractivity contribution is 7.98. The minimum absolute atomic E-state index is 0.0572. The predicted octanol–water partition coefficient (Wildman–Crippen LogP) is 2.43. The summed E-state index contributed by atoms with van der Waals surface area (Å²) >= 11 is 1.44. The third-order valence-corrected chi connectivity index (χ3v) is 5.22. The van der Waals surface area contributed by atoms with Gasteiger partial charge in [0.1, 0.15) is 0 Å². The van der Waals surface area contributed by atoms with Crippen molar-refractivity contribution in [2.45, 2.75) is 37.9 Å². The maximum absolute atomic E-state index is 12.8. The van der Waals surface area contributed by atoms with Gasteiger partial charge in [-0.05, 0) is 25.7 Å². The zero-order valence-corrected chi connectivity index (χ0v) is 17.6. The van der Waals surface area contributed by atoms with Crippen LogP contribution in [0.1, 0.15) is 35.0 Å². The van der Waals surface area contributed by atoms with E-state index in [1.54, 1.807) is 4.52 Å². The molecule has 0 aliphatic heterocycles. The fourth-order valence-corrected chi connectivity index (χ4v) is 3.46. The highest BCUT2D eigenvalue weighted by atomic mass is 32.2. The van der Waals surface area contributed by atoms with Crippen molar-refractivity contribution in [1.82, 2.24) is 24.9 Å². The molecule has 3 aromatic rings. The van der Waals surface area contributed by atoms with E-state index in [-0.39, 0.29) is 24.7 Å². The van der Waals surface area contributed by atoms with Crippen molar-refractivity contribution < 1.29 is 14.3 Å². The lowest BCUT2D eigenvalue weighted by atomic mass is 10.0. The predicted molar refractivity (Wildman–Crippen MR) is 110 cm³/mol. The molecular formula is C20H23N5O3S. The molecule has 152 valence electrons. The van der Waals surface area contributed by atoms with E-state index in [1.165, 1.54) is 18.9 Å². The molecular weight excluding hydrogens is 390 g/mol. The lowest BCUT2D eigenvalue weighted by molar-refractivity contribution is -0.141. The molecule has 1 unspecified atom stereocenters. The molecule has 0 fully saturated rings. The number of esters is 1. The first-order chi connectivity index (χ1) is 13.9. The van der Waals surface area contributed by atoms with Crippen molar-refractivity contribution >= 4 is 29.4 Å². The number of aryl methyl sites for hydroxylation is 2. The highest BCUT2D eigenvalue weighted by Gasteiger charge is 2.21. The fraction of sp³-hybridized carbons (Fsp3) is 0.350. The Labute approximate surface area is 173 Å². The van der Waals surface area contributed by atoms with Gasteiger partial charge in [-0.15, -0.1) is 5.10 Å². The molecule has 1 atom stereocenters. The van der Waals surface area contributed by atoms with Crippen LogP contribution < -0.4 is 5.32 Å². The third-order valence-electron chi connectivity index (χ3n) is 4.69. The van der Waals surface area contributed by atoms with E-state index in [2.05, 4.69) is 20.4 Å². The molecule has 0 aliphatic carbocycles. The number of carbonyl (C=O) groups is 2. The van der Waals surface area contributed by atoms with Crippen LogP contribution in [0.3, 0.4) is 0 Å². The molecule has 1 aromatic carbocycles. The minimum atomic E-state index is -0.470. The van der Waals surface area contributed by atoms with Gasteiger partial charge in [-0.1, -0.05) is 42.1 Å². The molecule has 0 spiro atoms. The number of fused-ring (bicyclic) bond motifs is 1. The van der Waals surface area contributed by atoms with E-state index in [0.717, 1.165) is 22.5 Å². The molecule has 2 aromatic heterocycles. The number of hydrogen-bond donors (Lipinski definition) is 1. The van der Waals surface area contributed by atoms with Crippen LogP contribution in [0.4, 0.5) is 0 Å². The molecule has 0 bridgehead atoms. The number of benzene rings is 1.